The van der Waals surface area contributed by atoms with Gasteiger partial charge in [0.2, 0.25) is 5.91 Å². The average molecular weight is 393 g/mol. The second-order valence-electron chi connectivity index (χ2n) is 6.81. The number of hydrogen-bond donors (Lipinski definition) is 2. The summed E-state index contributed by atoms with van der Waals surface area (Å²) >= 11 is 0. The lowest BCUT2D eigenvalue weighted by Gasteiger charge is -2.35. The first-order valence-corrected chi connectivity index (χ1v) is 9.11. The average Bonchev–Trinajstić information content (AvgIpc) is 3.20. The second-order valence-corrected chi connectivity index (χ2v) is 6.81. The maximum Gasteiger partial charge on any atom is 0.407 e. The molecule has 1 aromatic rings. The van der Waals surface area contributed by atoms with Crippen molar-refractivity contribution in [2.75, 3.05) is 19.6 Å². The van der Waals surface area contributed by atoms with Gasteiger partial charge in [0.1, 0.15) is 6.61 Å². The Morgan fingerprint density at radius 1 is 1.32 bits per heavy atom. The number of ether oxygens (including phenoxy) is 1. The number of rotatable bonds is 6. The van der Waals surface area contributed by atoms with Crippen molar-refractivity contribution in [3.8, 4) is 0 Å². The van der Waals surface area contributed by atoms with Crippen molar-refractivity contribution >= 4 is 24.0 Å². The fraction of sp³-hybridized carbons (Fsp3) is 0.588. The summed E-state index contributed by atoms with van der Waals surface area (Å²) in [5.41, 5.74) is 0.718. The van der Waals surface area contributed by atoms with Crippen LogP contribution in [0.3, 0.4) is 0 Å². The number of nitrogens with zero attached hydrogens (tertiary/aromatic N) is 4. The molecule has 11 heteroatoms. The van der Waals surface area contributed by atoms with Crippen LogP contribution >= 0.6 is 0 Å². The van der Waals surface area contributed by atoms with E-state index in [-0.39, 0.29) is 37.6 Å². The summed E-state index contributed by atoms with van der Waals surface area (Å²) in [6.45, 7) is 2.62. The molecule has 3 heterocycles. The minimum atomic E-state index is -0.940. The highest BCUT2D eigenvalue weighted by molar-refractivity contribution is 5.81. The molecule has 28 heavy (non-hydrogen) atoms. The van der Waals surface area contributed by atoms with Gasteiger partial charge < -0.3 is 25.0 Å². The number of piperidine rings is 1. The molecule has 0 aliphatic carbocycles. The molecule has 11 nitrogen and oxygen atoms in total. The Labute approximate surface area is 161 Å². The van der Waals surface area contributed by atoms with Crippen LogP contribution in [0.15, 0.2) is 6.20 Å². The fourth-order valence-electron chi connectivity index (χ4n) is 3.46. The van der Waals surface area contributed by atoms with Gasteiger partial charge in [0, 0.05) is 32.6 Å². The predicted molar refractivity (Wildman–Crippen MR) is 94.3 cm³/mol. The van der Waals surface area contributed by atoms with Crippen molar-refractivity contribution in [2.24, 2.45) is 0 Å². The Bertz CT molecular complexity index is 783. The Kier molecular flexibility index (Phi) is 5.81. The molecule has 0 bridgehead atoms. The number of aromatic nitrogens is 2. The third-order valence-corrected chi connectivity index (χ3v) is 4.92. The van der Waals surface area contributed by atoms with Gasteiger partial charge in [-0.1, -0.05) is 0 Å². The minimum Gasteiger partial charge on any atom is -0.465 e. The first-order chi connectivity index (χ1) is 13.4. The molecule has 0 radical (unpaired) electrons. The summed E-state index contributed by atoms with van der Waals surface area (Å²) in [6, 6.07) is -0.262. The van der Waals surface area contributed by atoms with E-state index in [2.05, 4.69) is 10.3 Å². The lowest BCUT2D eigenvalue weighted by Crippen LogP contribution is -2.47. The Balaban J connectivity index is 1.54. The maximum atomic E-state index is 12.8. The van der Waals surface area contributed by atoms with Crippen LogP contribution in [0.2, 0.25) is 0 Å². The number of hydrogen-bond acceptors (Lipinski definition) is 6. The number of likely N-dealkylation sites (tertiary alicyclic amines) is 1. The van der Waals surface area contributed by atoms with Gasteiger partial charge in [-0.05, 0) is 12.8 Å². The monoisotopic (exact) mass is 393 g/mol. The van der Waals surface area contributed by atoms with Crippen LogP contribution in [-0.4, -0.2) is 74.1 Å². The molecule has 2 aliphatic rings. The van der Waals surface area contributed by atoms with Crippen molar-refractivity contribution in [1.82, 2.24) is 24.7 Å². The molecule has 3 amide bonds. The van der Waals surface area contributed by atoms with Gasteiger partial charge >= 0.3 is 18.1 Å². The largest absolute Gasteiger partial charge is 0.465 e. The summed E-state index contributed by atoms with van der Waals surface area (Å²) in [5.74, 6) is -0.369. The molecule has 0 spiro atoms. The number of amides is 3. The first-order valence-electron chi connectivity index (χ1n) is 9.11. The summed E-state index contributed by atoms with van der Waals surface area (Å²) < 4.78 is 6.60. The quantitative estimate of drug-likeness (QED) is 0.667. The van der Waals surface area contributed by atoms with E-state index in [0.29, 0.717) is 38.3 Å². The van der Waals surface area contributed by atoms with Crippen LogP contribution in [0.1, 0.15) is 37.7 Å². The smallest absolute Gasteiger partial charge is 0.407 e. The molecule has 1 fully saturated rings. The standard InChI is InChI=1S/C17H23N5O6/c1-11(23)18-5-2-15(24)28-10-14-19-8-13-9-21(16(25)22(13)14)12-3-6-20(7-4-12)17(26)27/h8,12H,2-7,9-10H2,1H3,(H,18,23)(H,26,27). The molecule has 2 aliphatic heterocycles. The lowest BCUT2D eigenvalue weighted by atomic mass is 10.0. The van der Waals surface area contributed by atoms with E-state index in [1.54, 1.807) is 11.1 Å². The predicted octanol–water partition coefficient (Wildman–Crippen LogP) is 0.379. The molecule has 1 aromatic heterocycles. The van der Waals surface area contributed by atoms with Crippen molar-refractivity contribution in [3.05, 3.63) is 17.7 Å². The highest BCUT2D eigenvalue weighted by atomic mass is 16.5. The zero-order valence-corrected chi connectivity index (χ0v) is 15.6. The molecular weight excluding hydrogens is 370 g/mol. The van der Waals surface area contributed by atoms with Gasteiger partial charge in [0.25, 0.3) is 0 Å². The lowest BCUT2D eigenvalue weighted by molar-refractivity contribution is -0.145. The van der Waals surface area contributed by atoms with Crippen LogP contribution in [-0.2, 0) is 27.5 Å². The van der Waals surface area contributed by atoms with E-state index in [1.807, 2.05) is 0 Å². The first kappa shape index (κ1) is 19.6. The number of fused-ring (bicyclic) bond motifs is 1. The normalized spacial score (nSPS) is 16.8. The van der Waals surface area contributed by atoms with Gasteiger partial charge in [0.05, 0.1) is 24.9 Å². The molecule has 1 saturated heterocycles. The molecule has 0 saturated carbocycles. The number of esters is 1. The van der Waals surface area contributed by atoms with Gasteiger partial charge in [0.15, 0.2) is 5.82 Å². The fourth-order valence-corrected chi connectivity index (χ4v) is 3.46. The highest BCUT2D eigenvalue weighted by Crippen LogP contribution is 2.26. The number of nitrogens with one attached hydrogen (secondary N) is 1. The molecule has 3 rings (SSSR count). The summed E-state index contributed by atoms with van der Waals surface area (Å²) in [6.07, 6.45) is 1.86. The Hall–Kier alpha value is -3.11. The van der Waals surface area contributed by atoms with Gasteiger partial charge in [-0.25, -0.2) is 19.1 Å². The maximum absolute atomic E-state index is 12.8. The zero-order chi connectivity index (χ0) is 20.3. The van der Waals surface area contributed by atoms with E-state index in [1.165, 1.54) is 16.4 Å². The Morgan fingerprint density at radius 3 is 2.68 bits per heavy atom. The number of carbonyl (C=O) groups is 4. The van der Waals surface area contributed by atoms with Gasteiger partial charge in [-0.2, -0.15) is 0 Å². The summed E-state index contributed by atoms with van der Waals surface area (Å²) in [7, 11) is 0. The number of imidazole rings is 1. The third-order valence-electron chi connectivity index (χ3n) is 4.92. The minimum absolute atomic E-state index is 0.0314. The van der Waals surface area contributed by atoms with Crippen molar-refractivity contribution in [1.29, 1.82) is 0 Å². The molecular formula is C17H23N5O6. The summed E-state index contributed by atoms with van der Waals surface area (Å²) in [5, 5.41) is 11.6. The van der Waals surface area contributed by atoms with Crippen molar-refractivity contribution < 1.29 is 29.0 Å². The highest BCUT2D eigenvalue weighted by Gasteiger charge is 2.37. The van der Waals surface area contributed by atoms with Gasteiger partial charge in [-0.3, -0.25) is 9.59 Å². The van der Waals surface area contributed by atoms with Crippen molar-refractivity contribution in [3.63, 3.8) is 0 Å². The van der Waals surface area contributed by atoms with E-state index < -0.39 is 12.1 Å². The third kappa shape index (κ3) is 4.24. The molecule has 2 N–H and O–H groups in total. The van der Waals surface area contributed by atoms with E-state index in [0.717, 1.165) is 5.69 Å². The topological polar surface area (TPSA) is 134 Å². The Morgan fingerprint density at radius 2 is 2.04 bits per heavy atom. The molecule has 0 atom stereocenters. The van der Waals surface area contributed by atoms with Crippen LogP contribution in [0.5, 0.6) is 0 Å². The molecule has 0 aromatic carbocycles. The van der Waals surface area contributed by atoms with Crippen molar-refractivity contribution in [2.45, 2.75) is 45.4 Å². The van der Waals surface area contributed by atoms with Gasteiger partial charge in [-0.15, -0.1) is 0 Å². The second kappa shape index (κ2) is 8.28. The van der Waals surface area contributed by atoms with Crippen LogP contribution < -0.4 is 5.32 Å². The number of carbonyl (C=O) groups excluding carboxylic acids is 3. The van der Waals surface area contributed by atoms with Crippen LogP contribution in [0, 0.1) is 0 Å². The van der Waals surface area contributed by atoms with Crippen LogP contribution in [0.4, 0.5) is 9.59 Å². The zero-order valence-electron chi connectivity index (χ0n) is 15.6. The van der Waals surface area contributed by atoms with E-state index in [4.69, 9.17) is 9.84 Å². The van der Waals surface area contributed by atoms with Crippen LogP contribution in [0.25, 0.3) is 0 Å². The van der Waals surface area contributed by atoms with E-state index >= 15 is 0 Å². The SMILES string of the molecule is CC(=O)NCCC(=O)OCc1ncc2n1C(=O)N(C1CCN(C(=O)O)CC1)C2. The summed E-state index contributed by atoms with van der Waals surface area (Å²) in [4.78, 5) is 53.6. The molecule has 0 unspecified atom stereocenters. The van der Waals surface area contributed by atoms with E-state index in [9.17, 15) is 19.2 Å². The molecule has 152 valence electrons. The number of carboxylic acid groups (broad SMARTS) is 1.